The van der Waals surface area contributed by atoms with Crippen LogP contribution in [0.5, 0.6) is 0 Å². The molecular weight excluding hydrogens is 733 g/mol. The number of amides is 4. The van der Waals surface area contributed by atoms with Gasteiger partial charge in [-0.3, -0.25) is 29.0 Å². The number of hydrogen-bond donors (Lipinski definition) is 4. The van der Waals surface area contributed by atoms with Crippen LogP contribution in [0.4, 0.5) is 11.4 Å². The molecule has 2 aromatic rings. The Morgan fingerprint density at radius 1 is 0.646 bits per heavy atom. The van der Waals surface area contributed by atoms with Gasteiger partial charge in [-0.05, 0) is 86.1 Å². The fourth-order valence-corrected chi connectivity index (χ4v) is 21.7. The Morgan fingerprint density at radius 3 is 1.44 bits per heavy atom. The van der Waals surface area contributed by atoms with Crippen LogP contribution in [0.25, 0.3) is 0 Å². The van der Waals surface area contributed by atoms with E-state index in [2.05, 4.69) is 10.6 Å². The molecule has 4 N–H and O–H groups in total. The average molecular weight is 761 g/mol. The molecule has 8 fully saturated rings. The lowest BCUT2D eigenvalue weighted by Gasteiger charge is -2.51. The van der Waals surface area contributed by atoms with E-state index in [0.29, 0.717) is 0 Å². The largest absolute Gasteiger partial charge is 0.392 e. The fourth-order valence-electron chi connectivity index (χ4n) is 9.90. The summed E-state index contributed by atoms with van der Waals surface area (Å²) < 4.78 is 0. The minimum absolute atomic E-state index is 0.204. The maximum Gasteiger partial charge on any atom is 0.265 e. The number of piperazine rings is 2. The quantitative estimate of drug-likeness (QED) is 0.340. The summed E-state index contributed by atoms with van der Waals surface area (Å²) in [6.07, 6.45) is -1.11. The van der Waals surface area contributed by atoms with Gasteiger partial charge in [0.05, 0.1) is 24.0 Å². The van der Waals surface area contributed by atoms with Crippen molar-refractivity contribution in [2.75, 3.05) is 37.9 Å². The van der Waals surface area contributed by atoms with Gasteiger partial charge in [0.2, 0.25) is 9.74 Å². The first-order chi connectivity index (χ1) is 23.1. The van der Waals surface area contributed by atoms with Crippen LogP contribution in [0.2, 0.25) is 0 Å². The van der Waals surface area contributed by atoms with Gasteiger partial charge in [-0.2, -0.15) is 0 Å². The van der Waals surface area contributed by atoms with E-state index in [1.165, 1.54) is 72.6 Å². The Balaban J connectivity index is 1.30. The van der Waals surface area contributed by atoms with Gasteiger partial charge in [-0.15, -0.1) is 0 Å². The van der Waals surface area contributed by atoms with Gasteiger partial charge in [0.25, 0.3) is 23.6 Å². The highest BCUT2D eigenvalue weighted by Crippen LogP contribution is 2.78. The van der Waals surface area contributed by atoms with Crippen molar-refractivity contribution in [3.8, 4) is 0 Å². The van der Waals surface area contributed by atoms with Crippen LogP contribution in [-0.4, -0.2) is 113 Å². The molecule has 0 aliphatic carbocycles. The molecule has 0 aromatic heterocycles. The zero-order valence-corrected chi connectivity index (χ0v) is 30.3. The Kier molecular flexibility index (Phi) is 6.04. The molecule has 48 heavy (non-hydrogen) atoms. The summed E-state index contributed by atoms with van der Waals surface area (Å²) in [7, 11) is 11.0. The normalized spacial score (nSPS) is 42.9. The van der Waals surface area contributed by atoms with Gasteiger partial charge < -0.3 is 30.6 Å². The first kappa shape index (κ1) is 30.7. The van der Waals surface area contributed by atoms with Crippen LogP contribution in [0.15, 0.2) is 48.5 Å². The number of para-hydroxylation sites is 2. The molecule has 2 spiro atoms. The Hall–Kier alpha value is -2.06. The van der Waals surface area contributed by atoms with Gasteiger partial charge in [-0.1, -0.05) is 36.4 Å². The summed E-state index contributed by atoms with van der Waals surface area (Å²) in [4.78, 5) is 59.9. The zero-order chi connectivity index (χ0) is 33.2. The molecule has 0 unspecified atom stereocenters. The number of likely N-dealkylation sites (N-methyl/N-ethyl adjacent to an activating group) is 2. The molecule has 4 bridgehead atoms. The molecule has 18 heteroatoms. The van der Waals surface area contributed by atoms with Crippen LogP contribution in [-0.2, 0) is 30.0 Å². The predicted octanol–water partition coefficient (Wildman–Crippen LogP) is 2.63. The predicted molar refractivity (Wildman–Crippen MR) is 190 cm³/mol. The van der Waals surface area contributed by atoms with E-state index in [1.54, 1.807) is 23.9 Å². The average Bonchev–Trinajstić information content (AvgIpc) is 3.68. The molecule has 12 nitrogen and oxygen atoms in total. The molecule has 2 aromatic carbocycles. The van der Waals surface area contributed by atoms with Crippen LogP contribution in [0.3, 0.4) is 0 Å². The number of fused-ring (bicyclic) bond motifs is 13. The van der Waals surface area contributed by atoms with Crippen LogP contribution in [0.1, 0.15) is 24.0 Å². The third-order valence-corrected chi connectivity index (χ3v) is 22.2. The molecule has 250 valence electrons. The van der Waals surface area contributed by atoms with Crippen molar-refractivity contribution in [2.24, 2.45) is 0 Å². The molecule has 10 aliphatic heterocycles. The topological polar surface area (TPSA) is 146 Å². The molecule has 8 saturated heterocycles. The molecule has 0 radical (unpaired) electrons. The molecule has 12 rings (SSSR count). The fraction of sp³-hybridized carbons (Fsp3) is 0.467. The first-order valence-corrected chi connectivity index (χ1v) is 22.3. The maximum absolute atomic E-state index is 14.9. The lowest BCUT2D eigenvalue weighted by atomic mass is 9.54. The summed E-state index contributed by atoms with van der Waals surface area (Å²) in [5.41, 5.74) is 1.37. The summed E-state index contributed by atoms with van der Waals surface area (Å²) in [5, 5.41) is 28.9. The van der Waals surface area contributed by atoms with Crippen molar-refractivity contribution in [1.29, 1.82) is 0 Å². The maximum atomic E-state index is 14.9. The summed E-state index contributed by atoms with van der Waals surface area (Å²) >= 11 is 0. The third kappa shape index (κ3) is 2.91. The van der Waals surface area contributed by atoms with E-state index in [9.17, 15) is 29.4 Å². The molecular formula is C30H28N6O6S6. The second kappa shape index (κ2) is 9.43. The van der Waals surface area contributed by atoms with Gasteiger partial charge >= 0.3 is 0 Å². The standard InChI is InChI=1S/C30H28N6O6S6/c1-33-21(39)27-11-25(15-7-3-5-9-17(15)31-19(25)35(27)23(41)29(33,13-37)45-47-43-27)26-12-28-22(40)34(2)30(14-38,46-48-44-28)24(42)36(28)20(26)32-18-10-6-4-8-16(18)26/h3-10,19-20,31-32,37-38H,11-14H2,1-2H3/t19-,20-,25-,26+,27+,28+,29+,30-/m1/s1. The van der Waals surface area contributed by atoms with Crippen LogP contribution >= 0.6 is 62.8 Å². The number of aliphatic hydroxyl groups excluding tert-OH is 2. The highest BCUT2D eigenvalue weighted by molar-refractivity contribution is 9.10. The molecule has 10 aliphatic rings. The smallest absolute Gasteiger partial charge is 0.265 e. The van der Waals surface area contributed by atoms with E-state index >= 15 is 0 Å². The number of benzene rings is 2. The van der Waals surface area contributed by atoms with Crippen molar-refractivity contribution in [3.63, 3.8) is 0 Å². The monoisotopic (exact) mass is 760 g/mol. The van der Waals surface area contributed by atoms with Crippen LogP contribution < -0.4 is 10.6 Å². The van der Waals surface area contributed by atoms with E-state index < -0.39 is 55.9 Å². The molecule has 8 atom stereocenters. The van der Waals surface area contributed by atoms with Gasteiger partial charge in [0.1, 0.15) is 12.3 Å². The number of aliphatic hydroxyl groups is 2. The zero-order valence-electron chi connectivity index (χ0n) is 25.4. The number of anilines is 2. The number of nitrogens with zero attached hydrogens (tertiary/aromatic N) is 4. The van der Waals surface area contributed by atoms with Crippen molar-refractivity contribution >= 4 is 97.8 Å². The van der Waals surface area contributed by atoms with E-state index in [0.717, 1.165) is 22.5 Å². The number of carbonyl (C=O) groups excluding carboxylic acids is 4. The first-order valence-electron chi connectivity index (χ1n) is 15.3. The second-order valence-electron chi connectivity index (χ2n) is 13.5. The second-order valence-corrected chi connectivity index (χ2v) is 22.4. The SMILES string of the molecule is CN1C(=O)[C@@]23C[C@@]4([C@]56C[C@@]78SSS[C@](CO)(C(=O)N7[C@H]5Nc5ccccc56)N(C)C8=O)c5ccccc5N[C@@H]4N2C(=O)[C@]1(CO)SSS3. The number of rotatable bonds is 3. The van der Waals surface area contributed by atoms with E-state index in [-0.39, 0.29) is 36.5 Å². The van der Waals surface area contributed by atoms with Gasteiger partial charge in [0, 0.05) is 38.3 Å². The highest BCUT2D eigenvalue weighted by Gasteiger charge is 2.86. The van der Waals surface area contributed by atoms with Gasteiger partial charge in [0.15, 0.2) is 9.74 Å². The summed E-state index contributed by atoms with van der Waals surface area (Å²) in [6.45, 7) is -1.10. The van der Waals surface area contributed by atoms with E-state index in [4.69, 9.17) is 0 Å². The van der Waals surface area contributed by atoms with Crippen molar-refractivity contribution < 1.29 is 29.4 Å². The van der Waals surface area contributed by atoms with Gasteiger partial charge in [-0.25, -0.2) is 0 Å². The number of hydrogen-bond acceptors (Lipinski definition) is 14. The molecule has 0 saturated carbocycles. The lowest BCUT2D eigenvalue weighted by molar-refractivity contribution is -0.165. The lowest BCUT2D eigenvalue weighted by Crippen LogP contribution is -2.74. The minimum Gasteiger partial charge on any atom is -0.392 e. The number of nitrogens with one attached hydrogen (secondary N) is 2. The Bertz CT molecular complexity index is 1780. The summed E-state index contributed by atoms with van der Waals surface area (Å²) in [6, 6.07) is 15.8. The highest BCUT2D eigenvalue weighted by atomic mass is 33.5. The summed E-state index contributed by atoms with van der Waals surface area (Å²) in [5.74, 6) is -1.24. The number of carbonyl (C=O) groups is 4. The Morgan fingerprint density at radius 2 is 1.04 bits per heavy atom. The van der Waals surface area contributed by atoms with Crippen molar-refractivity contribution in [2.45, 2.75) is 55.5 Å². The third-order valence-electron chi connectivity index (χ3n) is 12.0. The van der Waals surface area contributed by atoms with Crippen LogP contribution in [0, 0.1) is 0 Å². The minimum atomic E-state index is -1.52. The van der Waals surface area contributed by atoms with Crippen molar-refractivity contribution in [3.05, 3.63) is 59.7 Å². The van der Waals surface area contributed by atoms with Crippen molar-refractivity contribution in [1.82, 2.24) is 19.6 Å². The molecule has 4 amide bonds. The molecule has 10 heterocycles. The van der Waals surface area contributed by atoms with E-state index in [1.807, 2.05) is 48.5 Å². The Labute approximate surface area is 298 Å².